The van der Waals surface area contributed by atoms with Crippen molar-refractivity contribution in [1.29, 1.82) is 0 Å². The summed E-state index contributed by atoms with van der Waals surface area (Å²) < 4.78 is 3.77. The second-order valence-corrected chi connectivity index (χ2v) is 4.40. The van der Waals surface area contributed by atoms with Gasteiger partial charge in [-0.1, -0.05) is 12.1 Å². The first-order valence-electron chi connectivity index (χ1n) is 5.92. The van der Waals surface area contributed by atoms with Gasteiger partial charge in [0.1, 0.15) is 0 Å². The number of para-hydroxylation sites is 1. The molecule has 0 fully saturated rings. The molecule has 2 aromatic heterocycles. The minimum Gasteiger partial charge on any atom is -0.382 e. The van der Waals surface area contributed by atoms with E-state index in [-0.39, 0.29) is 0 Å². The standard InChI is InChI=1S/C13H15N5/c1-17-9-10(8-15-17)6-7-18-12-5-3-2-4-11(12)13(14)16-18/h2-5,8-9H,6-7H2,1H3,(H2,14,16). The lowest BCUT2D eigenvalue weighted by Crippen LogP contribution is -2.03. The number of nitrogens with zero attached hydrogens (tertiary/aromatic N) is 4. The maximum absolute atomic E-state index is 5.90. The zero-order valence-corrected chi connectivity index (χ0v) is 10.2. The number of nitrogen functional groups attached to an aromatic ring is 1. The Morgan fingerprint density at radius 3 is 2.89 bits per heavy atom. The quantitative estimate of drug-likeness (QED) is 0.757. The second kappa shape index (κ2) is 4.18. The monoisotopic (exact) mass is 241 g/mol. The van der Waals surface area contributed by atoms with Gasteiger partial charge in [0.15, 0.2) is 5.82 Å². The normalized spacial score (nSPS) is 11.2. The van der Waals surface area contributed by atoms with Gasteiger partial charge in [-0.3, -0.25) is 9.36 Å². The molecule has 5 heteroatoms. The lowest BCUT2D eigenvalue weighted by Gasteiger charge is -2.01. The smallest absolute Gasteiger partial charge is 0.153 e. The van der Waals surface area contributed by atoms with Crippen LogP contribution in [0.3, 0.4) is 0 Å². The summed E-state index contributed by atoms with van der Waals surface area (Å²) in [5.41, 5.74) is 8.19. The lowest BCUT2D eigenvalue weighted by atomic mass is 10.2. The summed E-state index contributed by atoms with van der Waals surface area (Å²) in [4.78, 5) is 0. The molecule has 0 aliphatic carbocycles. The van der Waals surface area contributed by atoms with Crippen molar-refractivity contribution in [3.63, 3.8) is 0 Å². The average molecular weight is 241 g/mol. The topological polar surface area (TPSA) is 61.7 Å². The van der Waals surface area contributed by atoms with E-state index in [4.69, 9.17) is 5.73 Å². The van der Waals surface area contributed by atoms with E-state index >= 15 is 0 Å². The zero-order chi connectivity index (χ0) is 12.5. The number of benzene rings is 1. The van der Waals surface area contributed by atoms with Crippen LogP contribution in [0.2, 0.25) is 0 Å². The predicted molar refractivity (Wildman–Crippen MR) is 71.1 cm³/mol. The summed E-state index contributed by atoms with van der Waals surface area (Å²) in [5, 5.41) is 9.55. The van der Waals surface area contributed by atoms with Crippen LogP contribution in [0.25, 0.3) is 10.9 Å². The molecule has 0 atom stereocenters. The molecule has 0 amide bonds. The van der Waals surface area contributed by atoms with E-state index in [1.165, 1.54) is 5.56 Å². The van der Waals surface area contributed by atoms with Crippen molar-refractivity contribution >= 4 is 16.7 Å². The molecule has 1 aromatic carbocycles. The van der Waals surface area contributed by atoms with Gasteiger partial charge in [-0.15, -0.1) is 0 Å². The molecule has 5 nitrogen and oxygen atoms in total. The van der Waals surface area contributed by atoms with E-state index in [9.17, 15) is 0 Å². The predicted octanol–water partition coefficient (Wildman–Crippen LogP) is 1.59. The average Bonchev–Trinajstić information content (AvgIpc) is 2.92. The minimum atomic E-state index is 0.594. The summed E-state index contributed by atoms with van der Waals surface area (Å²) in [6.45, 7) is 0.809. The molecule has 0 saturated carbocycles. The van der Waals surface area contributed by atoms with Crippen molar-refractivity contribution in [2.45, 2.75) is 13.0 Å². The minimum absolute atomic E-state index is 0.594. The maximum Gasteiger partial charge on any atom is 0.153 e. The third-order valence-corrected chi connectivity index (χ3v) is 3.06. The molecule has 0 unspecified atom stereocenters. The Kier molecular flexibility index (Phi) is 2.51. The molecular weight excluding hydrogens is 226 g/mol. The highest BCUT2D eigenvalue weighted by Gasteiger charge is 2.07. The Bertz CT molecular complexity index is 680. The molecule has 0 saturated heterocycles. The number of anilines is 1. The first-order valence-corrected chi connectivity index (χ1v) is 5.92. The van der Waals surface area contributed by atoms with Gasteiger partial charge in [0.25, 0.3) is 0 Å². The van der Waals surface area contributed by atoms with Crippen LogP contribution in [0.4, 0.5) is 5.82 Å². The number of nitrogens with two attached hydrogens (primary N) is 1. The Morgan fingerprint density at radius 2 is 2.11 bits per heavy atom. The molecule has 0 spiro atoms. The van der Waals surface area contributed by atoms with Gasteiger partial charge in [0, 0.05) is 25.2 Å². The largest absolute Gasteiger partial charge is 0.382 e. The first-order chi connectivity index (χ1) is 8.74. The Morgan fingerprint density at radius 1 is 1.28 bits per heavy atom. The third-order valence-electron chi connectivity index (χ3n) is 3.06. The van der Waals surface area contributed by atoms with Crippen molar-refractivity contribution in [2.24, 2.45) is 7.05 Å². The van der Waals surface area contributed by atoms with E-state index in [2.05, 4.69) is 10.2 Å². The number of aryl methyl sites for hydroxylation is 3. The van der Waals surface area contributed by atoms with Gasteiger partial charge < -0.3 is 5.73 Å². The first kappa shape index (κ1) is 10.8. The van der Waals surface area contributed by atoms with E-state index in [0.717, 1.165) is 23.9 Å². The Hall–Kier alpha value is -2.30. The molecule has 18 heavy (non-hydrogen) atoms. The van der Waals surface area contributed by atoms with Crippen molar-refractivity contribution in [1.82, 2.24) is 19.6 Å². The van der Waals surface area contributed by atoms with Crippen LogP contribution in [0.15, 0.2) is 36.7 Å². The Labute approximate surface area is 105 Å². The molecule has 3 rings (SSSR count). The van der Waals surface area contributed by atoms with Gasteiger partial charge in [-0.25, -0.2) is 0 Å². The van der Waals surface area contributed by atoms with Gasteiger partial charge in [-0.2, -0.15) is 10.2 Å². The number of hydrogen-bond donors (Lipinski definition) is 1. The van der Waals surface area contributed by atoms with E-state index in [1.807, 2.05) is 53.1 Å². The van der Waals surface area contributed by atoms with Crippen LogP contribution in [0.1, 0.15) is 5.56 Å². The molecule has 3 aromatic rings. The second-order valence-electron chi connectivity index (χ2n) is 4.40. The molecule has 2 heterocycles. The molecule has 0 bridgehead atoms. The van der Waals surface area contributed by atoms with E-state index < -0.39 is 0 Å². The summed E-state index contributed by atoms with van der Waals surface area (Å²) in [5.74, 6) is 0.594. The van der Waals surface area contributed by atoms with Crippen molar-refractivity contribution in [3.8, 4) is 0 Å². The number of aromatic nitrogens is 4. The van der Waals surface area contributed by atoms with Crippen molar-refractivity contribution in [2.75, 3.05) is 5.73 Å². The fraction of sp³-hybridized carbons (Fsp3) is 0.231. The van der Waals surface area contributed by atoms with Crippen LogP contribution in [0.5, 0.6) is 0 Å². The van der Waals surface area contributed by atoms with Gasteiger partial charge in [0.2, 0.25) is 0 Å². The van der Waals surface area contributed by atoms with E-state index in [0.29, 0.717) is 5.82 Å². The van der Waals surface area contributed by atoms with Crippen LogP contribution in [0, 0.1) is 0 Å². The van der Waals surface area contributed by atoms with Crippen molar-refractivity contribution < 1.29 is 0 Å². The summed E-state index contributed by atoms with van der Waals surface area (Å²) in [7, 11) is 1.92. The Balaban J connectivity index is 1.86. The highest BCUT2D eigenvalue weighted by Crippen LogP contribution is 2.20. The van der Waals surface area contributed by atoms with Crippen molar-refractivity contribution in [3.05, 3.63) is 42.2 Å². The van der Waals surface area contributed by atoms with Crippen LogP contribution < -0.4 is 5.73 Å². The number of rotatable bonds is 3. The molecule has 0 aliphatic heterocycles. The highest BCUT2D eigenvalue weighted by molar-refractivity contribution is 5.88. The summed E-state index contributed by atoms with van der Waals surface area (Å²) in [6.07, 6.45) is 4.81. The maximum atomic E-state index is 5.90. The number of fused-ring (bicyclic) bond motifs is 1. The number of hydrogen-bond acceptors (Lipinski definition) is 3. The molecule has 0 aliphatic rings. The van der Waals surface area contributed by atoms with Crippen LogP contribution >= 0.6 is 0 Å². The zero-order valence-electron chi connectivity index (χ0n) is 10.2. The highest BCUT2D eigenvalue weighted by atomic mass is 15.3. The van der Waals surface area contributed by atoms with Gasteiger partial charge in [0.05, 0.1) is 11.7 Å². The molecule has 0 radical (unpaired) electrons. The molecule has 92 valence electrons. The lowest BCUT2D eigenvalue weighted by molar-refractivity contribution is 0.638. The third kappa shape index (κ3) is 1.84. The van der Waals surface area contributed by atoms with Gasteiger partial charge in [-0.05, 0) is 24.1 Å². The van der Waals surface area contributed by atoms with E-state index in [1.54, 1.807) is 0 Å². The van der Waals surface area contributed by atoms with Crippen LogP contribution in [-0.2, 0) is 20.0 Å². The SMILES string of the molecule is Cn1cc(CCn2nc(N)c3ccccc32)cn1. The van der Waals surface area contributed by atoms with Gasteiger partial charge >= 0.3 is 0 Å². The molecule has 2 N–H and O–H groups in total. The molecular formula is C13H15N5. The summed E-state index contributed by atoms with van der Waals surface area (Å²) >= 11 is 0. The van der Waals surface area contributed by atoms with Crippen LogP contribution in [-0.4, -0.2) is 19.6 Å². The summed E-state index contributed by atoms with van der Waals surface area (Å²) in [6, 6.07) is 8.02. The fourth-order valence-electron chi connectivity index (χ4n) is 2.16. The fourth-order valence-corrected chi connectivity index (χ4v) is 2.16.